The summed E-state index contributed by atoms with van der Waals surface area (Å²) in [5.74, 6) is 0. The molecule has 0 unspecified atom stereocenters. The Morgan fingerprint density at radius 3 is 2.75 bits per heavy atom. The average Bonchev–Trinajstić information content (AvgIpc) is 2.03. The summed E-state index contributed by atoms with van der Waals surface area (Å²) in [6.07, 6.45) is 0. The number of pyridine rings is 1. The molecule has 62 valence electrons. The van der Waals surface area contributed by atoms with E-state index in [2.05, 4.69) is 27.5 Å². The van der Waals surface area contributed by atoms with Gasteiger partial charge in [-0.3, -0.25) is 10.4 Å². The minimum atomic E-state index is 0.332. The zero-order valence-corrected chi connectivity index (χ0v) is 8.35. The molecule has 0 radical (unpaired) electrons. The normalized spacial score (nSPS) is 9.50. The summed E-state index contributed by atoms with van der Waals surface area (Å²) >= 11 is 3.14. The monoisotopic (exact) mass is 224 g/mol. The molecule has 1 aromatic heterocycles. The number of rotatable bonds is 2. The Labute approximate surface area is 80.0 Å². The van der Waals surface area contributed by atoms with Crippen LogP contribution in [0.25, 0.3) is 0 Å². The molecule has 0 atom stereocenters. The van der Waals surface area contributed by atoms with Gasteiger partial charge in [-0.2, -0.15) is 0 Å². The number of hydrogen-bond donors (Lipinski definition) is 1. The fraction of sp³-hybridized carbons (Fsp3) is 0.111. The molecule has 0 saturated heterocycles. The number of aryl methyl sites for hydroxylation is 1. The van der Waals surface area contributed by atoms with Crippen LogP contribution < -0.4 is 0 Å². The molecule has 0 bridgehead atoms. The second kappa shape index (κ2) is 3.63. The van der Waals surface area contributed by atoms with Crippen LogP contribution in [0.1, 0.15) is 11.4 Å². The Kier molecular flexibility index (Phi) is 2.76. The van der Waals surface area contributed by atoms with E-state index in [9.17, 15) is 0 Å². The van der Waals surface area contributed by atoms with E-state index in [-0.39, 0.29) is 0 Å². The first-order valence-electron chi connectivity index (χ1n) is 3.48. The maximum Gasteiger partial charge on any atom is 0.0932 e. The van der Waals surface area contributed by atoms with Crippen LogP contribution in [0.2, 0.25) is 0 Å². The van der Waals surface area contributed by atoms with Crippen molar-refractivity contribution in [2.45, 2.75) is 6.92 Å². The number of nitrogens with one attached hydrogen (secondary N) is 1. The van der Waals surface area contributed by atoms with E-state index < -0.39 is 0 Å². The molecular formula is C9H9BrN2. The number of halogens is 1. The highest BCUT2D eigenvalue weighted by molar-refractivity contribution is 9.12. The van der Waals surface area contributed by atoms with Crippen molar-refractivity contribution in [3.05, 3.63) is 40.6 Å². The molecule has 1 heterocycles. The first kappa shape index (κ1) is 9.13. The van der Waals surface area contributed by atoms with Gasteiger partial charge in [-0.1, -0.05) is 12.6 Å². The largest absolute Gasteiger partial charge is 0.297 e. The average molecular weight is 225 g/mol. The van der Waals surface area contributed by atoms with E-state index in [1.807, 2.05) is 19.1 Å². The molecule has 1 rings (SSSR count). The van der Waals surface area contributed by atoms with Gasteiger partial charge in [-0.15, -0.1) is 0 Å². The van der Waals surface area contributed by atoms with Gasteiger partial charge >= 0.3 is 0 Å². The van der Waals surface area contributed by atoms with Gasteiger partial charge in [0.15, 0.2) is 0 Å². The predicted octanol–water partition coefficient (Wildman–Crippen LogP) is 2.67. The van der Waals surface area contributed by atoms with Crippen molar-refractivity contribution in [3.8, 4) is 0 Å². The molecule has 0 saturated carbocycles. The van der Waals surface area contributed by atoms with Crippen molar-refractivity contribution in [2.75, 3.05) is 0 Å². The molecular weight excluding hydrogens is 216 g/mol. The maximum atomic E-state index is 7.57. The first-order valence-corrected chi connectivity index (χ1v) is 4.28. The quantitative estimate of drug-likeness (QED) is 0.771. The van der Waals surface area contributed by atoms with Crippen LogP contribution in [-0.2, 0) is 0 Å². The van der Waals surface area contributed by atoms with Gasteiger partial charge in [0.1, 0.15) is 0 Å². The highest BCUT2D eigenvalue weighted by Crippen LogP contribution is 2.09. The third kappa shape index (κ3) is 2.01. The van der Waals surface area contributed by atoms with E-state index >= 15 is 0 Å². The van der Waals surface area contributed by atoms with Gasteiger partial charge in [0.25, 0.3) is 0 Å². The lowest BCUT2D eigenvalue weighted by Gasteiger charge is -2.00. The Morgan fingerprint density at radius 1 is 1.58 bits per heavy atom. The zero-order chi connectivity index (χ0) is 9.14. The van der Waals surface area contributed by atoms with Gasteiger partial charge in [-0.25, -0.2) is 0 Å². The van der Waals surface area contributed by atoms with Crippen molar-refractivity contribution in [1.82, 2.24) is 4.98 Å². The minimum Gasteiger partial charge on any atom is -0.297 e. The van der Waals surface area contributed by atoms with Crippen molar-refractivity contribution in [1.29, 1.82) is 5.41 Å². The fourth-order valence-electron chi connectivity index (χ4n) is 0.821. The Hall–Kier alpha value is -0.960. The van der Waals surface area contributed by atoms with Gasteiger partial charge in [0.2, 0.25) is 0 Å². The smallest absolute Gasteiger partial charge is 0.0932 e. The first-order chi connectivity index (χ1) is 5.61. The highest BCUT2D eigenvalue weighted by atomic mass is 79.9. The van der Waals surface area contributed by atoms with Crippen LogP contribution in [0.5, 0.6) is 0 Å². The van der Waals surface area contributed by atoms with Crippen molar-refractivity contribution in [3.63, 3.8) is 0 Å². The van der Waals surface area contributed by atoms with Gasteiger partial charge in [-0.05, 0) is 35.0 Å². The molecule has 3 heteroatoms. The zero-order valence-electron chi connectivity index (χ0n) is 6.76. The maximum absolute atomic E-state index is 7.57. The summed E-state index contributed by atoms with van der Waals surface area (Å²) in [6.45, 7) is 5.51. The number of hydrogen-bond acceptors (Lipinski definition) is 2. The Bertz CT molecular complexity index is 331. The molecule has 0 spiro atoms. The lowest BCUT2D eigenvalue weighted by molar-refractivity contribution is 1.17. The molecule has 0 aliphatic rings. The second-order valence-corrected chi connectivity index (χ2v) is 3.40. The summed E-state index contributed by atoms with van der Waals surface area (Å²) in [4.78, 5) is 4.18. The lowest BCUT2D eigenvalue weighted by Crippen LogP contribution is -2.01. The van der Waals surface area contributed by atoms with Crippen LogP contribution in [0.3, 0.4) is 0 Å². The topological polar surface area (TPSA) is 36.7 Å². The Morgan fingerprint density at radius 2 is 2.25 bits per heavy atom. The third-order valence-electron chi connectivity index (χ3n) is 1.42. The van der Waals surface area contributed by atoms with Crippen LogP contribution in [0.15, 0.2) is 29.3 Å². The van der Waals surface area contributed by atoms with E-state index in [1.165, 1.54) is 0 Å². The number of aromatic nitrogens is 1. The highest BCUT2D eigenvalue weighted by Gasteiger charge is 2.03. The minimum absolute atomic E-state index is 0.332. The summed E-state index contributed by atoms with van der Waals surface area (Å²) in [5, 5.41) is 7.57. The molecule has 0 fully saturated rings. The van der Waals surface area contributed by atoms with Crippen LogP contribution in [-0.4, -0.2) is 10.7 Å². The van der Waals surface area contributed by atoms with E-state index in [0.717, 1.165) is 5.69 Å². The molecule has 0 aromatic carbocycles. The van der Waals surface area contributed by atoms with Crippen LogP contribution >= 0.6 is 15.9 Å². The summed E-state index contributed by atoms with van der Waals surface area (Å²) in [6, 6.07) is 5.57. The molecule has 0 aliphatic heterocycles. The summed E-state index contributed by atoms with van der Waals surface area (Å²) in [5.41, 5.74) is 1.89. The van der Waals surface area contributed by atoms with Crippen molar-refractivity contribution >= 4 is 21.6 Å². The number of nitrogens with zero attached hydrogens (tertiary/aromatic N) is 1. The van der Waals surface area contributed by atoms with Crippen LogP contribution in [0, 0.1) is 12.3 Å². The number of allylic oxidation sites excluding steroid dienone is 1. The summed E-state index contributed by atoms with van der Waals surface area (Å²) < 4.78 is 0.556. The second-order valence-electron chi connectivity index (χ2n) is 2.44. The van der Waals surface area contributed by atoms with Gasteiger partial charge in [0.05, 0.1) is 11.4 Å². The van der Waals surface area contributed by atoms with Gasteiger partial charge < -0.3 is 0 Å². The van der Waals surface area contributed by atoms with E-state index in [1.54, 1.807) is 6.07 Å². The molecule has 1 N–H and O–H groups in total. The molecule has 2 nitrogen and oxygen atoms in total. The lowest BCUT2D eigenvalue weighted by atomic mass is 10.2. The SMILES string of the molecule is C=C(Br)C(=N)c1cccc(C)n1. The summed E-state index contributed by atoms with van der Waals surface area (Å²) in [7, 11) is 0. The molecule has 12 heavy (non-hydrogen) atoms. The third-order valence-corrected chi connectivity index (χ3v) is 1.81. The molecule has 0 aliphatic carbocycles. The van der Waals surface area contributed by atoms with E-state index in [4.69, 9.17) is 5.41 Å². The predicted molar refractivity (Wildman–Crippen MR) is 53.9 cm³/mol. The van der Waals surface area contributed by atoms with Gasteiger partial charge in [0, 0.05) is 10.2 Å². The standard InChI is InChI=1S/C9H9BrN2/c1-6-4-3-5-8(12-6)9(11)7(2)10/h3-5,11H,2H2,1H3. The van der Waals surface area contributed by atoms with Crippen molar-refractivity contribution < 1.29 is 0 Å². The van der Waals surface area contributed by atoms with Crippen LogP contribution in [0.4, 0.5) is 0 Å². The van der Waals surface area contributed by atoms with E-state index in [0.29, 0.717) is 15.9 Å². The molecule has 0 amide bonds. The molecule has 1 aromatic rings. The Balaban J connectivity index is 3.04. The fourth-order valence-corrected chi connectivity index (χ4v) is 1.02. The van der Waals surface area contributed by atoms with Crippen molar-refractivity contribution in [2.24, 2.45) is 0 Å².